The second kappa shape index (κ2) is 9.56. The van der Waals surface area contributed by atoms with Crippen LogP contribution in [0.4, 0.5) is 0 Å². The van der Waals surface area contributed by atoms with Crippen molar-refractivity contribution in [2.75, 3.05) is 13.1 Å². The van der Waals surface area contributed by atoms with E-state index in [1.54, 1.807) is 31.5 Å². The second-order valence-corrected chi connectivity index (χ2v) is 6.24. The van der Waals surface area contributed by atoms with Gasteiger partial charge >= 0.3 is 0 Å². The quantitative estimate of drug-likeness (QED) is 0.713. The standard InChI is InChI=1S/C20H25N3O3/c1-14(2)17-6-4-5-7-18(17)26-15(3)19(24)22-12-13-23-20(25)16-8-10-21-11-9-16/h4-11,14-15H,12-13H2,1-3H3,(H,22,24)(H,23,25). The van der Waals surface area contributed by atoms with Crippen LogP contribution in [0.5, 0.6) is 5.75 Å². The number of aromatic nitrogens is 1. The smallest absolute Gasteiger partial charge is 0.260 e. The molecule has 0 aliphatic heterocycles. The summed E-state index contributed by atoms with van der Waals surface area (Å²) >= 11 is 0. The van der Waals surface area contributed by atoms with Crippen LogP contribution in [0.15, 0.2) is 48.8 Å². The maximum atomic E-state index is 12.2. The van der Waals surface area contributed by atoms with Crippen LogP contribution in [-0.2, 0) is 4.79 Å². The number of carbonyl (C=O) groups is 2. The van der Waals surface area contributed by atoms with Crippen molar-refractivity contribution in [3.8, 4) is 5.75 Å². The summed E-state index contributed by atoms with van der Waals surface area (Å²) < 4.78 is 5.81. The van der Waals surface area contributed by atoms with Gasteiger partial charge in [-0.2, -0.15) is 0 Å². The second-order valence-electron chi connectivity index (χ2n) is 6.24. The van der Waals surface area contributed by atoms with Crippen LogP contribution in [0.3, 0.4) is 0 Å². The van der Waals surface area contributed by atoms with Gasteiger partial charge < -0.3 is 15.4 Å². The number of amides is 2. The van der Waals surface area contributed by atoms with Gasteiger partial charge in [0.05, 0.1) is 0 Å². The number of nitrogens with zero attached hydrogens (tertiary/aromatic N) is 1. The molecule has 1 atom stereocenters. The van der Waals surface area contributed by atoms with Crippen molar-refractivity contribution >= 4 is 11.8 Å². The number of benzene rings is 1. The van der Waals surface area contributed by atoms with Crippen LogP contribution in [0.25, 0.3) is 0 Å². The molecule has 0 fully saturated rings. The third kappa shape index (κ3) is 5.58. The summed E-state index contributed by atoms with van der Waals surface area (Å²) in [7, 11) is 0. The Morgan fingerprint density at radius 3 is 2.35 bits per heavy atom. The molecule has 1 aromatic carbocycles. The monoisotopic (exact) mass is 355 g/mol. The Labute approximate surface area is 154 Å². The SMILES string of the molecule is CC(Oc1ccccc1C(C)C)C(=O)NCCNC(=O)c1ccncc1. The van der Waals surface area contributed by atoms with Crippen LogP contribution >= 0.6 is 0 Å². The lowest BCUT2D eigenvalue weighted by molar-refractivity contribution is -0.127. The lowest BCUT2D eigenvalue weighted by Gasteiger charge is -2.18. The van der Waals surface area contributed by atoms with Crippen molar-refractivity contribution in [2.24, 2.45) is 0 Å². The Balaban J connectivity index is 1.77. The fourth-order valence-corrected chi connectivity index (χ4v) is 2.42. The number of para-hydroxylation sites is 1. The third-order valence-electron chi connectivity index (χ3n) is 3.87. The first-order chi connectivity index (χ1) is 12.5. The molecule has 2 rings (SSSR count). The van der Waals surface area contributed by atoms with Crippen molar-refractivity contribution in [2.45, 2.75) is 32.8 Å². The van der Waals surface area contributed by atoms with Crippen molar-refractivity contribution in [1.29, 1.82) is 0 Å². The maximum Gasteiger partial charge on any atom is 0.260 e. The average Bonchev–Trinajstić information content (AvgIpc) is 2.65. The van der Waals surface area contributed by atoms with Crippen molar-refractivity contribution in [3.05, 3.63) is 59.9 Å². The molecule has 0 aliphatic rings. The Morgan fingerprint density at radius 1 is 1.00 bits per heavy atom. The minimum atomic E-state index is -0.620. The summed E-state index contributed by atoms with van der Waals surface area (Å²) in [6, 6.07) is 11.0. The normalized spacial score (nSPS) is 11.7. The highest BCUT2D eigenvalue weighted by molar-refractivity contribution is 5.94. The summed E-state index contributed by atoms with van der Waals surface area (Å²) in [6.45, 7) is 6.54. The lowest BCUT2D eigenvalue weighted by Crippen LogP contribution is -2.40. The first-order valence-corrected chi connectivity index (χ1v) is 8.70. The summed E-state index contributed by atoms with van der Waals surface area (Å²) in [6.07, 6.45) is 2.50. The molecule has 0 bridgehead atoms. The predicted octanol–water partition coefficient (Wildman–Crippen LogP) is 2.52. The summed E-state index contributed by atoms with van der Waals surface area (Å²) in [4.78, 5) is 27.9. The number of pyridine rings is 1. The van der Waals surface area contributed by atoms with E-state index in [1.807, 2.05) is 24.3 Å². The van der Waals surface area contributed by atoms with E-state index in [0.717, 1.165) is 11.3 Å². The molecule has 1 heterocycles. The summed E-state index contributed by atoms with van der Waals surface area (Å²) in [5.74, 6) is 0.611. The van der Waals surface area contributed by atoms with Crippen LogP contribution in [0, 0.1) is 0 Å². The van der Waals surface area contributed by atoms with Gasteiger partial charge in [-0.05, 0) is 36.6 Å². The minimum Gasteiger partial charge on any atom is -0.481 e. The first-order valence-electron chi connectivity index (χ1n) is 8.70. The zero-order chi connectivity index (χ0) is 18.9. The predicted molar refractivity (Wildman–Crippen MR) is 100 cm³/mol. The van der Waals surface area contributed by atoms with Crippen LogP contribution in [-0.4, -0.2) is 36.0 Å². The van der Waals surface area contributed by atoms with Gasteiger partial charge in [0, 0.05) is 31.0 Å². The molecule has 6 heteroatoms. The average molecular weight is 355 g/mol. The van der Waals surface area contributed by atoms with E-state index in [2.05, 4.69) is 29.5 Å². The van der Waals surface area contributed by atoms with Gasteiger partial charge in [0.15, 0.2) is 6.10 Å². The molecule has 2 N–H and O–H groups in total. The zero-order valence-corrected chi connectivity index (χ0v) is 15.4. The van der Waals surface area contributed by atoms with E-state index in [4.69, 9.17) is 4.74 Å². The molecule has 1 aromatic heterocycles. The molecule has 2 aromatic rings. The fraction of sp³-hybridized carbons (Fsp3) is 0.350. The Morgan fingerprint density at radius 2 is 1.65 bits per heavy atom. The van der Waals surface area contributed by atoms with Crippen LogP contribution in [0.1, 0.15) is 42.6 Å². The number of nitrogens with one attached hydrogen (secondary N) is 2. The van der Waals surface area contributed by atoms with E-state index >= 15 is 0 Å². The molecule has 26 heavy (non-hydrogen) atoms. The Hall–Kier alpha value is -2.89. The van der Waals surface area contributed by atoms with E-state index in [1.165, 1.54) is 0 Å². The minimum absolute atomic E-state index is 0.197. The molecule has 2 amide bonds. The van der Waals surface area contributed by atoms with Crippen molar-refractivity contribution < 1.29 is 14.3 Å². The molecule has 1 unspecified atom stereocenters. The largest absolute Gasteiger partial charge is 0.481 e. The van der Waals surface area contributed by atoms with E-state index in [0.29, 0.717) is 24.6 Å². The van der Waals surface area contributed by atoms with Gasteiger partial charge in [-0.3, -0.25) is 14.6 Å². The van der Waals surface area contributed by atoms with Gasteiger partial charge in [0.1, 0.15) is 5.75 Å². The summed E-state index contributed by atoms with van der Waals surface area (Å²) in [5.41, 5.74) is 1.60. The van der Waals surface area contributed by atoms with Gasteiger partial charge in [0.25, 0.3) is 11.8 Å². The zero-order valence-electron chi connectivity index (χ0n) is 15.4. The summed E-state index contributed by atoms with van der Waals surface area (Å²) in [5, 5.41) is 5.51. The number of hydrogen-bond donors (Lipinski definition) is 2. The molecule has 0 spiro atoms. The molecule has 0 saturated carbocycles. The molecule has 0 radical (unpaired) electrons. The number of ether oxygens (including phenoxy) is 1. The van der Waals surface area contributed by atoms with E-state index in [-0.39, 0.29) is 11.8 Å². The lowest BCUT2D eigenvalue weighted by atomic mass is 10.0. The maximum absolute atomic E-state index is 12.2. The first kappa shape index (κ1) is 19.4. The Bertz CT molecular complexity index is 732. The van der Waals surface area contributed by atoms with E-state index < -0.39 is 6.10 Å². The van der Waals surface area contributed by atoms with E-state index in [9.17, 15) is 9.59 Å². The topological polar surface area (TPSA) is 80.3 Å². The number of hydrogen-bond acceptors (Lipinski definition) is 4. The van der Waals surface area contributed by atoms with Gasteiger partial charge in [-0.25, -0.2) is 0 Å². The molecule has 0 aliphatic carbocycles. The van der Waals surface area contributed by atoms with Crippen molar-refractivity contribution in [3.63, 3.8) is 0 Å². The molecule has 6 nitrogen and oxygen atoms in total. The highest BCUT2D eigenvalue weighted by Crippen LogP contribution is 2.26. The number of rotatable bonds is 8. The van der Waals surface area contributed by atoms with Crippen molar-refractivity contribution in [1.82, 2.24) is 15.6 Å². The Kier molecular flexibility index (Phi) is 7.14. The van der Waals surface area contributed by atoms with Crippen LogP contribution < -0.4 is 15.4 Å². The molecule has 0 saturated heterocycles. The van der Waals surface area contributed by atoms with Gasteiger partial charge in [-0.15, -0.1) is 0 Å². The highest BCUT2D eigenvalue weighted by atomic mass is 16.5. The number of carbonyl (C=O) groups excluding carboxylic acids is 2. The third-order valence-corrected chi connectivity index (χ3v) is 3.87. The molecule has 138 valence electrons. The molecular formula is C20H25N3O3. The molecular weight excluding hydrogens is 330 g/mol. The van der Waals surface area contributed by atoms with Gasteiger partial charge in [0.2, 0.25) is 0 Å². The highest BCUT2D eigenvalue weighted by Gasteiger charge is 2.16. The van der Waals surface area contributed by atoms with Gasteiger partial charge in [-0.1, -0.05) is 32.0 Å². The fourth-order valence-electron chi connectivity index (χ4n) is 2.42. The van der Waals surface area contributed by atoms with Crippen LogP contribution in [0.2, 0.25) is 0 Å².